The first-order chi connectivity index (χ1) is 9.09. The van der Waals surface area contributed by atoms with Gasteiger partial charge in [0.2, 0.25) is 0 Å². The first-order valence-corrected chi connectivity index (χ1v) is 7.91. The van der Waals surface area contributed by atoms with Crippen molar-refractivity contribution in [3.05, 3.63) is 35.4 Å². The molecule has 1 aliphatic carbocycles. The summed E-state index contributed by atoms with van der Waals surface area (Å²) in [6.07, 6.45) is 1.24. The van der Waals surface area contributed by atoms with E-state index in [1.165, 1.54) is 18.2 Å². The minimum absolute atomic E-state index is 0.00120. The fourth-order valence-corrected chi connectivity index (χ4v) is 2.95. The highest BCUT2D eigenvalue weighted by atomic mass is 32.3. The van der Waals surface area contributed by atoms with Crippen molar-refractivity contribution in [2.75, 3.05) is 0 Å². The molecule has 1 aliphatic rings. The van der Waals surface area contributed by atoms with E-state index in [0.29, 0.717) is 0 Å². The van der Waals surface area contributed by atoms with Gasteiger partial charge in [-0.1, -0.05) is 18.2 Å². The first kappa shape index (κ1) is 14.7. The van der Waals surface area contributed by atoms with Gasteiger partial charge >= 0.3 is 16.4 Å². The summed E-state index contributed by atoms with van der Waals surface area (Å²) in [6.45, 7) is 0. The van der Waals surface area contributed by atoms with E-state index in [4.69, 9.17) is 9.11 Å². The number of carbonyl (C=O) groups is 1. The standard InChI is InChI=1S/C10H8O8S2/c11-10(18-20(15,16)17)8-5-4-7-6(8)2-1-3-9(7)19(12,13)14/h1-3,5H,4H2,(H,12,13,14)(H,15,16,17). The van der Waals surface area contributed by atoms with Crippen molar-refractivity contribution in [1.82, 2.24) is 0 Å². The van der Waals surface area contributed by atoms with Gasteiger partial charge in [0, 0.05) is 0 Å². The maximum atomic E-state index is 11.5. The van der Waals surface area contributed by atoms with Gasteiger partial charge in [-0.3, -0.25) is 9.11 Å². The van der Waals surface area contributed by atoms with Crippen LogP contribution in [-0.2, 0) is 35.9 Å². The van der Waals surface area contributed by atoms with Crippen molar-refractivity contribution < 1.29 is 34.9 Å². The molecule has 8 nitrogen and oxygen atoms in total. The van der Waals surface area contributed by atoms with Crippen LogP contribution in [0, 0.1) is 0 Å². The molecule has 2 rings (SSSR count). The Labute approximate surface area is 114 Å². The van der Waals surface area contributed by atoms with Crippen LogP contribution in [0.3, 0.4) is 0 Å². The van der Waals surface area contributed by atoms with E-state index < -0.39 is 26.5 Å². The molecule has 0 aromatic heterocycles. The van der Waals surface area contributed by atoms with Gasteiger partial charge in [0.25, 0.3) is 10.1 Å². The van der Waals surface area contributed by atoms with Crippen LogP contribution in [0.2, 0.25) is 0 Å². The van der Waals surface area contributed by atoms with Crippen molar-refractivity contribution >= 4 is 32.1 Å². The zero-order valence-electron chi connectivity index (χ0n) is 9.68. The third kappa shape index (κ3) is 2.88. The Morgan fingerprint density at radius 3 is 2.35 bits per heavy atom. The first-order valence-electron chi connectivity index (χ1n) is 5.11. The molecule has 0 atom stereocenters. The van der Waals surface area contributed by atoms with Crippen LogP contribution in [-0.4, -0.2) is 31.9 Å². The van der Waals surface area contributed by atoms with Gasteiger partial charge < -0.3 is 4.18 Å². The Kier molecular flexibility index (Phi) is 3.42. The molecule has 0 saturated heterocycles. The van der Waals surface area contributed by atoms with Gasteiger partial charge in [0.05, 0.1) is 10.5 Å². The van der Waals surface area contributed by atoms with E-state index in [2.05, 4.69) is 4.18 Å². The lowest BCUT2D eigenvalue weighted by atomic mass is 10.1. The summed E-state index contributed by atoms with van der Waals surface area (Å²) in [5, 5.41) is 0. The van der Waals surface area contributed by atoms with Gasteiger partial charge in [-0.2, -0.15) is 16.8 Å². The maximum Gasteiger partial charge on any atom is 0.449 e. The van der Waals surface area contributed by atoms with Crippen LogP contribution in [0.1, 0.15) is 11.1 Å². The molecule has 1 aromatic carbocycles. The van der Waals surface area contributed by atoms with E-state index >= 15 is 0 Å². The minimum Gasteiger partial charge on any atom is -0.320 e. The molecule has 0 spiro atoms. The Morgan fingerprint density at radius 1 is 1.15 bits per heavy atom. The number of rotatable bonds is 3. The molecular weight excluding hydrogens is 312 g/mol. The molecule has 20 heavy (non-hydrogen) atoms. The zero-order chi connectivity index (χ0) is 15.1. The van der Waals surface area contributed by atoms with Gasteiger partial charge in [0.1, 0.15) is 0 Å². The van der Waals surface area contributed by atoms with Crippen molar-refractivity contribution in [2.24, 2.45) is 0 Å². The summed E-state index contributed by atoms with van der Waals surface area (Å²) in [6, 6.07) is 3.80. The molecule has 0 aliphatic heterocycles. The van der Waals surface area contributed by atoms with Crippen molar-refractivity contribution in [2.45, 2.75) is 11.3 Å². The quantitative estimate of drug-likeness (QED) is 0.755. The molecule has 2 N–H and O–H groups in total. The third-order valence-corrected chi connectivity index (χ3v) is 3.91. The summed E-state index contributed by atoms with van der Waals surface area (Å²) >= 11 is 0. The van der Waals surface area contributed by atoms with Crippen molar-refractivity contribution in [1.29, 1.82) is 0 Å². The summed E-state index contributed by atoms with van der Waals surface area (Å²) in [5.41, 5.74) is 0.0641. The number of fused-ring (bicyclic) bond motifs is 1. The van der Waals surface area contributed by atoms with Gasteiger partial charge in [-0.05, 0) is 23.6 Å². The van der Waals surface area contributed by atoms with Crippen LogP contribution in [0.4, 0.5) is 0 Å². The summed E-state index contributed by atoms with van der Waals surface area (Å²) in [7, 11) is -9.43. The molecule has 10 heteroatoms. The Morgan fingerprint density at radius 2 is 1.80 bits per heavy atom. The minimum atomic E-state index is -4.96. The molecular formula is C10H8O8S2. The average Bonchev–Trinajstić information content (AvgIpc) is 2.68. The number of carbonyl (C=O) groups excluding carboxylic acids is 1. The maximum absolute atomic E-state index is 11.5. The molecule has 108 valence electrons. The van der Waals surface area contributed by atoms with E-state index in [-0.39, 0.29) is 28.0 Å². The van der Waals surface area contributed by atoms with Crippen molar-refractivity contribution in [3.8, 4) is 0 Å². The third-order valence-electron chi connectivity index (χ3n) is 2.61. The van der Waals surface area contributed by atoms with Crippen LogP contribution < -0.4 is 0 Å². The molecule has 0 heterocycles. The number of hydrogen-bond acceptors (Lipinski definition) is 6. The number of hydrogen-bond donors (Lipinski definition) is 2. The van der Waals surface area contributed by atoms with Crippen LogP contribution in [0.5, 0.6) is 0 Å². The van der Waals surface area contributed by atoms with Crippen LogP contribution >= 0.6 is 0 Å². The molecule has 1 aromatic rings. The fourth-order valence-electron chi connectivity index (χ4n) is 1.92. The predicted molar refractivity (Wildman–Crippen MR) is 65.6 cm³/mol. The topological polar surface area (TPSA) is 135 Å². The summed E-state index contributed by atoms with van der Waals surface area (Å²) < 4.78 is 64.6. The average molecular weight is 320 g/mol. The van der Waals surface area contributed by atoms with Gasteiger partial charge in [0.15, 0.2) is 0 Å². The largest absolute Gasteiger partial charge is 0.449 e. The Bertz CT molecular complexity index is 817. The second-order valence-electron chi connectivity index (χ2n) is 3.88. The van der Waals surface area contributed by atoms with E-state index in [1.54, 1.807) is 0 Å². The lowest BCUT2D eigenvalue weighted by molar-refractivity contribution is -0.127. The van der Waals surface area contributed by atoms with E-state index in [9.17, 15) is 21.6 Å². The highest BCUT2D eigenvalue weighted by molar-refractivity contribution is 7.85. The number of allylic oxidation sites excluding steroid dienone is 1. The van der Waals surface area contributed by atoms with Crippen LogP contribution in [0.25, 0.3) is 5.57 Å². The summed E-state index contributed by atoms with van der Waals surface area (Å²) in [5.74, 6) is -1.33. The molecule has 0 amide bonds. The van der Waals surface area contributed by atoms with Crippen LogP contribution in [0.15, 0.2) is 29.2 Å². The monoisotopic (exact) mass is 320 g/mol. The highest BCUT2D eigenvalue weighted by Gasteiger charge is 2.28. The van der Waals surface area contributed by atoms with Crippen molar-refractivity contribution in [3.63, 3.8) is 0 Å². The van der Waals surface area contributed by atoms with E-state index in [0.717, 1.165) is 6.07 Å². The molecule has 0 unspecified atom stereocenters. The smallest absolute Gasteiger partial charge is 0.320 e. The van der Waals surface area contributed by atoms with Gasteiger partial charge in [-0.15, -0.1) is 0 Å². The number of benzene rings is 1. The fraction of sp³-hybridized carbons (Fsp3) is 0.100. The highest BCUT2D eigenvalue weighted by Crippen LogP contribution is 2.32. The van der Waals surface area contributed by atoms with Gasteiger partial charge in [-0.25, -0.2) is 4.79 Å². The normalized spacial score (nSPS) is 14.6. The molecule has 0 bridgehead atoms. The van der Waals surface area contributed by atoms with E-state index in [1.807, 2.05) is 0 Å². The lowest BCUT2D eigenvalue weighted by Crippen LogP contribution is -2.13. The molecule has 0 radical (unpaired) electrons. The second kappa shape index (κ2) is 4.66. The Hall–Kier alpha value is -1.75. The second-order valence-corrected chi connectivity index (χ2v) is 6.29. The zero-order valence-corrected chi connectivity index (χ0v) is 11.3. The SMILES string of the molecule is O=C(OS(=O)(=O)O)C1=CCc2c1cccc2S(=O)(=O)O. The summed E-state index contributed by atoms with van der Waals surface area (Å²) in [4.78, 5) is 11.2. The predicted octanol–water partition coefficient (Wildman–Crippen LogP) is 0.219. The molecule has 0 fully saturated rings. The lowest BCUT2D eigenvalue weighted by Gasteiger charge is -2.07. The Balaban J connectivity index is 2.46. The molecule has 0 saturated carbocycles.